The number of rotatable bonds is 4. The highest BCUT2D eigenvalue weighted by Gasteiger charge is 2.22. The molecule has 0 spiro atoms. The Bertz CT molecular complexity index is 426. The van der Waals surface area contributed by atoms with Crippen LogP contribution in [0.2, 0.25) is 0 Å². The molecular formula is C12H13BrO3. The molecule has 1 unspecified atom stereocenters. The monoisotopic (exact) mass is 284 g/mol. The minimum absolute atomic E-state index is 0.144. The van der Waals surface area contributed by atoms with E-state index in [4.69, 9.17) is 4.74 Å². The lowest BCUT2D eigenvalue weighted by Gasteiger charge is -2.11. The van der Waals surface area contributed by atoms with E-state index >= 15 is 0 Å². The lowest BCUT2D eigenvalue weighted by molar-refractivity contribution is -0.118. The Balaban J connectivity index is 3.13. The van der Waals surface area contributed by atoms with Crippen LogP contribution in [-0.4, -0.2) is 18.7 Å². The summed E-state index contributed by atoms with van der Waals surface area (Å²) in [7, 11) is 1.50. The molecule has 0 fully saturated rings. The molecule has 0 amide bonds. The van der Waals surface area contributed by atoms with Crippen LogP contribution in [0.1, 0.15) is 24.2 Å². The van der Waals surface area contributed by atoms with Crippen molar-refractivity contribution in [2.45, 2.75) is 13.8 Å². The smallest absolute Gasteiger partial charge is 0.176 e. The molecule has 0 bridgehead atoms. The third-order valence-electron chi connectivity index (χ3n) is 2.43. The molecule has 86 valence electrons. The van der Waals surface area contributed by atoms with Gasteiger partial charge in [0, 0.05) is 4.47 Å². The van der Waals surface area contributed by atoms with Crippen molar-refractivity contribution in [3.8, 4) is 5.75 Å². The molecule has 1 aromatic rings. The van der Waals surface area contributed by atoms with E-state index in [1.807, 2.05) is 0 Å². The van der Waals surface area contributed by atoms with Crippen LogP contribution in [0.3, 0.4) is 0 Å². The van der Waals surface area contributed by atoms with E-state index in [0.29, 0.717) is 11.3 Å². The van der Waals surface area contributed by atoms with Gasteiger partial charge in [-0.05, 0) is 32.0 Å². The minimum Gasteiger partial charge on any atom is -0.496 e. The number of methoxy groups -OCH3 is 1. The number of benzene rings is 1. The molecule has 3 nitrogen and oxygen atoms in total. The first-order valence-corrected chi connectivity index (χ1v) is 5.65. The van der Waals surface area contributed by atoms with Crippen LogP contribution < -0.4 is 4.74 Å². The Morgan fingerprint density at radius 3 is 2.50 bits per heavy atom. The fourth-order valence-electron chi connectivity index (χ4n) is 1.29. The SMILES string of the molecule is COc1cc(Br)ccc1C(=O)C(C)C(C)=O. The standard InChI is InChI=1S/C12H13BrO3/c1-7(8(2)14)12(15)10-5-4-9(13)6-11(10)16-3/h4-7H,1-3H3. The Labute approximate surface area is 103 Å². The topological polar surface area (TPSA) is 43.4 Å². The Hall–Kier alpha value is -1.16. The highest BCUT2D eigenvalue weighted by molar-refractivity contribution is 9.10. The van der Waals surface area contributed by atoms with Crippen molar-refractivity contribution in [1.29, 1.82) is 0 Å². The number of Topliss-reactive ketones (excluding diaryl/α,β-unsaturated/α-hetero) is 2. The van der Waals surface area contributed by atoms with Crippen molar-refractivity contribution >= 4 is 27.5 Å². The van der Waals surface area contributed by atoms with Crippen molar-refractivity contribution in [1.82, 2.24) is 0 Å². The van der Waals surface area contributed by atoms with E-state index < -0.39 is 5.92 Å². The number of carbonyl (C=O) groups is 2. The van der Waals surface area contributed by atoms with Crippen LogP contribution >= 0.6 is 15.9 Å². The predicted octanol–water partition coefficient (Wildman–Crippen LogP) is 2.87. The summed E-state index contributed by atoms with van der Waals surface area (Å²) in [4.78, 5) is 23.1. The molecule has 0 aliphatic carbocycles. The quantitative estimate of drug-likeness (QED) is 0.631. The fourth-order valence-corrected chi connectivity index (χ4v) is 1.63. The number of hydrogen-bond donors (Lipinski definition) is 0. The van der Waals surface area contributed by atoms with Gasteiger partial charge in [0.1, 0.15) is 11.5 Å². The zero-order valence-corrected chi connectivity index (χ0v) is 11.0. The van der Waals surface area contributed by atoms with E-state index in [-0.39, 0.29) is 11.6 Å². The maximum Gasteiger partial charge on any atom is 0.176 e. The van der Waals surface area contributed by atoms with Gasteiger partial charge < -0.3 is 4.74 Å². The summed E-state index contributed by atoms with van der Waals surface area (Å²) in [5.41, 5.74) is 0.438. The molecule has 4 heteroatoms. The molecule has 16 heavy (non-hydrogen) atoms. The summed E-state index contributed by atoms with van der Waals surface area (Å²) in [6.07, 6.45) is 0. The van der Waals surface area contributed by atoms with Gasteiger partial charge in [-0.25, -0.2) is 0 Å². The summed E-state index contributed by atoms with van der Waals surface area (Å²) in [5, 5.41) is 0. The molecular weight excluding hydrogens is 272 g/mol. The average Bonchev–Trinajstić information content (AvgIpc) is 2.26. The fraction of sp³-hybridized carbons (Fsp3) is 0.333. The Morgan fingerprint density at radius 2 is 2.00 bits per heavy atom. The third kappa shape index (κ3) is 2.70. The van der Waals surface area contributed by atoms with Gasteiger partial charge in [0.2, 0.25) is 0 Å². The van der Waals surface area contributed by atoms with E-state index in [2.05, 4.69) is 15.9 Å². The minimum atomic E-state index is -0.630. The number of ether oxygens (including phenoxy) is 1. The highest BCUT2D eigenvalue weighted by Crippen LogP contribution is 2.25. The van der Waals surface area contributed by atoms with Crippen molar-refractivity contribution in [2.75, 3.05) is 7.11 Å². The third-order valence-corrected chi connectivity index (χ3v) is 2.93. The van der Waals surface area contributed by atoms with Crippen LogP contribution in [0.15, 0.2) is 22.7 Å². The van der Waals surface area contributed by atoms with Crippen molar-refractivity contribution in [3.63, 3.8) is 0 Å². The van der Waals surface area contributed by atoms with Crippen molar-refractivity contribution in [3.05, 3.63) is 28.2 Å². The summed E-state index contributed by atoms with van der Waals surface area (Å²) in [6.45, 7) is 3.01. The zero-order valence-electron chi connectivity index (χ0n) is 9.41. The van der Waals surface area contributed by atoms with Crippen molar-refractivity contribution < 1.29 is 14.3 Å². The normalized spacial score (nSPS) is 12.0. The van der Waals surface area contributed by atoms with Gasteiger partial charge in [-0.2, -0.15) is 0 Å². The zero-order chi connectivity index (χ0) is 12.3. The first-order valence-electron chi connectivity index (χ1n) is 4.85. The summed E-state index contributed by atoms with van der Waals surface area (Å²) >= 11 is 3.29. The lowest BCUT2D eigenvalue weighted by Crippen LogP contribution is -2.19. The van der Waals surface area contributed by atoms with E-state index in [1.54, 1.807) is 25.1 Å². The van der Waals surface area contributed by atoms with Crippen LogP contribution in [0.5, 0.6) is 5.75 Å². The predicted molar refractivity (Wildman–Crippen MR) is 64.9 cm³/mol. The Morgan fingerprint density at radius 1 is 1.38 bits per heavy atom. The van der Waals surface area contributed by atoms with E-state index in [1.165, 1.54) is 14.0 Å². The van der Waals surface area contributed by atoms with Gasteiger partial charge in [0.15, 0.2) is 5.78 Å². The molecule has 1 aromatic carbocycles. The molecule has 0 radical (unpaired) electrons. The van der Waals surface area contributed by atoms with Gasteiger partial charge in [0.05, 0.1) is 18.6 Å². The molecule has 0 saturated heterocycles. The van der Waals surface area contributed by atoms with Gasteiger partial charge in [-0.3, -0.25) is 9.59 Å². The van der Waals surface area contributed by atoms with Crippen LogP contribution in [0.4, 0.5) is 0 Å². The summed E-state index contributed by atoms with van der Waals surface area (Å²) < 4.78 is 5.95. The maximum absolute atomic E-state index is 12.0. The second kappa shape index (κ2) is 5.25. The van der Waals surface area contributed by atoms with Crippen LogP contribution in [0.25, 0.3) is 0 Å². The number of carbonyl (C=O) groups excluding carboxylic acids is 2. The number of halogens is 1. The molecule has 1 rings (SSSR count). The van der Waals surface area contributed by atoms with Gasteiger partial charge >= 0.3 is 0 Å². The molecule has 1 atom stereocenters. The molecule has 0 heterocycles. The molecule has 0 N–H and O–H groups in total. The van der Waals surface area contributed by atoms with Gasteiger partial charge in [-0.15, -0.1) is 0 Å². The number of hydrogen-bond acceptors (Lipinski definition) is 3. The first-order chi connectivity index (χ1) is 7.47. The van der Waals surface area contributed by atoms with Gasteiger partial charge in [-0.1, -0.05) is 15.9 Å². The van der Waals surface area contributed by atoms with Gasteiger partial charge in [0.25, 0.3) is 0 Å². The number of ketones is 2. The first kappa shape index (κ1) is 12.9. The summed E-state index contributed by atoms with van der Waals surface area (Å²) in [6, 6.07) is 5.12. The maximum atomic E-state index is 12.0. The molecule has 0 aliphatic rings. The highest BCUT2D eigenvalue weighted by atomic mass is 79.9. The second-order valence-corrected chi connectivity index (χ2v) is 4.46. The van der Waals surface area contributed by atoms with Crippen molar-refractivity contribution in [2.24, 2.45) is 5.92 Å². The molecule has 0 aliphatic heterocycles. The van der Waals surface area contributed by atoms with Crippen LogP contribution in [-0.2, 0) is 4.79 Å². The average molecular weight is 285 g/mol. The van der Waals surface area contributed by atoms with E-state index in [0.717, 1.165) is 4.47 Å². The largest absolute Gasteiger partial charge is 0.496 e. The Kier molecular flexibility index (Phi) is 4.24. The lowest BCUT2D eigenvalue weighted by atomic mass is 9.96. The molecule has 0 aromatic heterocycles. The second-order valence-electron chi connectivity index (χ2n) is 3.54. The van der Waals surface area contributed by atoms with E-state index in [9.17, 15) is 9.59 Å². The summed E-state index contributed by atoms with van der Waals surface area (Å²) in [5.74, 6) is -0.505. The van der Waals surface area contributed by atoms with Crippen LogP contribution in [0, 0.1) is 5.92 Å². The molecule has 0 saturated carbocycles.